The van der Waals surface area contributed by atoms with Gasteiger partial charge in [-0.2, -0.15) is 10.2 Å². The second-order valence-electron chi connectivity index (χ2n) is 11.2. The van der Waals surface area contributed by atoms with Gasteiger partial charge in [-0.1, -0.05) is 34.6 Å². The van der Waals surface area contributed by atoms with E-state index in [9.17, 15) is 14.5 Å². The Morgan fingerprint density at radius 2 is 2.12 bits per heavy atom. The number of hydrogen-bond acceptors (Lipinski definition) is 10. The molecule has 40 heavy (non-hydrogen) atoms. The minimum atomic E-state index is -4.01. The highest BCUT2D eigenvalue weighted by Gasteiger charge is 2.51. The molecule has 3 rings (SSSR count). The first-order chi connectivity index (χ1) is 18.5. The van der Waals surface area contributed by atoms with Crippen LogP contribution in [0, 0.1) is 17.2 Å². The summed E-state index contributed by atoms with van der Waals surface area (Å²) >= 11 is 5.07. The fourth-order valence-electron chi connectivity index (χ4n) is 3.50. The summed E-state index contributed by atoms with van der Waals surface area (Å²) in [6.07, 6.45) is -4.58. The third kappa shape index (κ3) is 7.40. The van der Waals surface area contributed by atoms with Crippen molar-refractivity contribution in [1.29, 1.82) is 5.26 Å². The van der Waals surface area contributed by atoms with Gasteiger partial charge in [0.25, 0.3) is 5.56 Å². The number of fused-ring (bicyclic) bond motifs is 1. The molecule has 1 fully saturated rings. The number of alkyl halides is 1. The summed E-state index contributed by atoms with van der Waals surface area (Å²) < 4.78 is 40.3. The topological polar surface area (TPSA) is 174 Å². The Balaban J connectivity index is 1.99. The fraction of sp³-hybridized carbons (Fsp3) is 0.696. The number of carbonyl (C=O) groups is 1. The van der Waals surface area contributed by atoms with E-state index < -0.39 is 45.2 Å². The lowest BCUT2D eigenvalue weighted by atomic mass is 10.1. The standard InChI is InChI=1S/C23H36FN6O7PSSi/c1-13(2)19(31)28-22-27-18-16(20(32)29-22)26-12-30(18)21-17(37-38(33,39)34-10-8-9-25)15(24)14(36-21)11-35-40(6,7)23(3,4)5/h12-15,17,21H,8,10-11H2,1-7H3,(H,33,39)(H2,27,28,29,31,32)/t14-,15-,17+,21-,38?/m1/s1. The lowest BCUT2D eigenvalue weighted by Gasteiger charge is -2.37. The molecule has 0 bridgehead atoms. The molecule has 1 amide bonds. The molecule has 17 heteroatoms. The number of carbonyl (C=O) groups excluding carboxylic acids is 1. The number of nitriles is 1. The smallest absolute Gasteiger partial charge is 0.325 e. The van der Waals surface area contributed by atoms with Crippen molar-refractivity contribution < 1.29 is 32.3 Å². The normalized spacial score (nSPS) is 23.3. The van der Waals surface area contributed by atoms with Crippen LogP contribution in [0.1, 0.15) is 47.3 Å². The predicted octanol–water partition coefficient (Wildman–Crippen LogP) is 3.50. The van der Waals surface area contributed by atoms with Crippen LogP contribution in [0.5, 0.6) is 0 Å². The lowest BCUT2D eigenvalue weighted by molar-refractivity contribution is -0.118. The number of halogens is 1. The number of amides is 1. The number of aromatic nitrogens is 4. The molecule has 3 N–H and O–H groups in total. The van der Waals surface area contributed by atoms with Crippen molar-refractivity contribution in [2.45, 2.75) is 83.8 Å². The summed E-state index contributed by atoms with van der Waals surface area (Å²) in [5, 5.41) is 11.1. The molecule has 1 aliphatic heterocycles. The third-order valence-electron chi connectivity index (χ3n) is 6.87. The number of imidazole rings is 1. The zero-order chi connectivity index (χ0) is 30.0. The Morgan fingerprint density at radius 3 is 2.73 bits per heavy atom. The maximum atomic E-state index is 16.0. The first kappa shape index (κ1) is 32.4. The van der Waals surface area contributed by atoms with Gasteiger partial charge >= 0.3 is 6.72 Å². The summed E-state index contributed by atoms with van der Waals surface area (Å²) in [5.74, 6) is -0.894. The van der Waals surface area contributed by atoms with Crippen LogP contribution in [0.25, 0.3) is 11.2 Å². The van der Waals surface area contributed by atoms with Gasteiger partial charge in [0.05, 0.1) is 32.0 Å². The molecular formula is C23H36FN6O7PSSi. The molecule has 0 spiro atoms. The van der Waals surface area contributed by atoms with Gasteiger partial charge < -0.3 is 18.6 Å². The highest BCUT2D eigenvalue weighted by atomic mass is 32.5. The van der Waals surface area contributed by atoms with Crippen molar-refractivity contribution in [2.75, 3.05) is 18.5 Å². The molecule has 2 aromatic heterocycles. The number of aromatic amines is 1. The van der Waals surface area contributed by atoms with Gasteiger partial charge in [-0.3, -0.25) is 29.0 Å². The van der Waals surface area contributed by atoms with Crippen molar-refractivity contribution >= 4 is 49.9 Å². The molecule has 1 saturated heterocycles. The first-order valence-electron chi connectivity index (χ1n) is 12.7. The van der Waals surface area contributed by atoms with E-state index in [0.717, 1.165) is 0 Å². The monoisotopic (exact) mass is 618 g/mol. The second-order valence-corrected chi connectivity index (χ2v) is 18.8. The summed E-state index contributed by atoms with van der Waals surface area (Å²) in [4.78, 5) is 46.4. The second kappa shape index (κ2) is 12.4. The SMILES string of the molecule is CC(C)C(=O)Nc1nc2c(ncn2[C@@H]2O[C@H](CO[Si](C)(C)C(C)(C)C)[C@@H](F)[C@@H]2OP(O)(=S)OCCC#N)c(=O)[nH]1. The van der Waals surface area contributed by atoms with Crippen LogP contribution >= 0.6 is 6.72 Å². The number of anilines is 1. The number of rotatable bonds is 11. The van der Waals surface area contributed by atoms with Crippen molar-refractivity contribution in [2.24, 2.45) is 5.92 Å². The molecule has 0 aliphatic carbocycles. The number of ether oxygens (including phenoxy) is 1. The fourth-order valence-corrected chi connectivity index (χ4v) is 5.94. The molecule has 3 heterocycles. The Bertz CT molecular complexity index is 1370. The average Bonchev–Trinajstić information content (AvgIpc) is 3.38. The molecule has 5 atom stereocenters. The van der Waals surface area contributed by atoms with E-state index in [0.29, 0.717) is 0 Å². The van der Waals surface area contributed by atoms with E-state index in [4.69, 9.17) is 35.3 Å². The van der Waals surface area contributed by atoms with Gasteiger partial charge in [-0.05, 0) is 29.9 Å². The van der Waals surface area contributed by atoms with Crippen LogP contribution in [0.2, 0.25) is 18.1 Å². The van der Waals surface area contributed by atoms with Crippen LogP contribution in [0.3, 0.4) is 0 Å². The van der Waals surface area contributed by atoms with Crippen molar-refractivity contribution in [3.8, 4) is 6.07 Å². The number of nitrogens with zero attached hydrogens (tertiary/aromatic N) is 4. The Hall–Kier alpha value is -2.09. The van der Waals surface area contributed by atoms with Gasteiger partial charge in [-0.25, -0.2) is 9.37 Å². The highest BCUT2D eigenvalue weighted by Crippen LogP contribution is 2.50. The minimum absolute atomic E-state index is 0.0174. The maximum Gasteiger partial charge on any atom is 0.325 e. The largest absolute Gasteiger partial charge is 0.414 e. The zero-order valence-electron chi connectivity index (χ0n) is 23.5. The van der Waals surface area contributed by atoms with E-state index in [1.54, 1.807) is 13.8 Å². The van der Waals surface area contributed by atoms with Gasteiger partial charge in [-0.15, -0.1) is 0 Å². The molecular weight excluding hydrogens is 582 g/mol. The molecule has 2 aromatic rings. The molecule has 13 nitrogen and oxygen atoms in total. The molecule has 0 aromatic carbocycles. The summed E-state index contributed by atoms with van der Waals surface area (Å²) in [6, 6.07) is 1.86. The summed E-state index contributed by atoms with van der Waals surface area (Å²) in [7, 11) is -2.29. The van der Waals surface area contributed by atoms with E-state index in [2.05, 4.69) is 20.3 Å². The minimum Gasteiger partial charge on any atom is -0.414 e. The Morgan fingerprint density at radius 1 is 1.45 bits per heavy atom. The third-order valence-corrected chi connectivity index (χ3v) is 13.0. The van der Waals surface area contributed by atoms with Gasteiger partial charge in [0.2, 0.25) is 11.9 Å². The van der Waals surface area contributed by atoms with E-state index in [1.165, 1.54) is 10.9 Å². The molecule has 222 valence electrons. The van der Waals surface area contributed by atoms with Gasteiger partial charge in [0.15, 0.2) is 31.9 Å². The predicted molar refractivity (Wildman–Crippen MR) is 151 cm³/mol. The van der Waals surface area contributed by atoms with Crippen LogP contribution in [0.15, 0.2) is 11.1 Å². The quantitative estimate of drug-likeness (QED) is 0.191. The summed E-state index contributed by atoms with van der Waals surface area (Å²) in [5.41, 5.74) is -0.744. The van der Waals surface area contributed by atoms with Crippen molar-refractivity contribution in [3.05, 3.63) is 16.7 Å². The zero-order valence-corrected chi connectivity index (χ0v) is 26.2. The number of nitrogens with one attached hydrogen (secondary N) is 2. The van der Waals surface area contributed by atoms with E-state index in [-0.39, 0.29) is 53.6 Å². The van der Waals surface area contributed by atoms with Crippen LogP contribution in [-0.4, -0.2) is 70.2 Å². The van der Waals surface area contributed by atoms with Crippen LogP contribution in [0.4, 0.5) is 10.3 Å². The maximum absolute atomic E-state index is 16.0. The average molecular weight is 619 g/mol. The van der Waals surface area contributed by atoms with Crippen molar-refractivity contribution in [3.63, 3.8) is 0 Å². The lowest BCUT2D eigenvalue weighted by Crippen LogP contribution is -2.44. The molecule has 1 unspecified atom stereocenters. The number of H-pyrrole nitrogens is 1. The summed E-state index contributed by atoms with van der Waals surface area (Å²) in [6.45, 7) is 9.21. The van der Waals surface area contributed by atoms with Gasteiger partial charge in [0.1, 0.15) is 12.2 Å². The molecule has 1 aliphatic rings. The molecule has 0 radical (unpaired) electrons. The number of hydrogen-bond donors (Lipinski definition) is 3. The van der Waals surface area contributed by atoms with E-state index >= 15 is 4.39 Å². The van der Waals surface area contributed by atoms with Crippen LogP contribution in [-0.2, 0) is 34.8 Å². The van der Waals surface area contributed by atoms with Gasteiger partial charge in [0, 0.05) is 5.92 Å². The van der Waals surface area contributed by atoms with Crippen molar-refractivity contribution in [1.82, 2.24) is 19.5 Å². The highest BCUT2D eigenvalue weighted by molar-refractivity contribution is 8.07. The molecule has 0 saturated carbocycles. The Kier molecular flexibility index (Phi) is 10.1. The first-order valence-corrected chi connectivity index (χ1v) is 18.2. The van der Waals surface area contributed by atoms with E-state index in [1.807, 2.05) is 39.9 Å². The van der Waals surface area contributed by atoms with Crippen LogP contribution < -0.4 is 10.9 Å². The Labute approximate surface area is 237 Å².